The Morgan fingerprint density at radius 3 is 2.39 bits per heavy atom. The summed E-state index contributed by atoms with van der Waals surface area (Å²) in [6.45, 7) is 15.4. The van der Waals surface area contributed by atoms with Gasteiger partial charge in [-0.2, -0.15) is 10.2 Å². The van der Waals surface area contributed by atoms with E-state index in [9.17, 15) is 15.1 Å². The molecule has 5 rings (SSSR count). The second-order valence-electron chi connectivity index (χ2n) is 13.2. The van der Waals surface area contributed by atoms with Crippen molar-refractivity contribution >= 4 is 20.0 Å². The molecule has 14 nitrogen and oxygen atoms in total. The number of aliphatic hydroxyl groups is 1. The summed E-state index contributed by atoms with van der Waals surface area (Å²) < 4.78 is 34.3. The Morgan fingerprint density at radius 2 is 1.80 bits per heavy atom. The molecule has 15 heteroatoms. The van der Waals surface area contributed by atoms with Crippen molar-refractivity contribution in [2.24, 2.45) is 0 Å². The predicted octanol–water partition coefficient (Wildman–Crippen LogP) is 4.94. The van der Waals surface area contributed by atoms with Gasteiger partial charge < -0.3 is 44.0 Å². The van der Waals surface area contributed by atoms with Crippen LogP contribution in [0.5, 0.6) is 11.5 Å². The molecular weight excluding hydrogens is 615 g/mol. The zero-order valence-corrected chi connectivity index (χ0v) is 28.7. The molecule has 1 saturated heterocycles. The molecule has 2 aromatic rings. The minimum atomic E-state index is -1.70. The molecule has 46 heavy (non-hydrogen) atoms. The summed E-state index contributed by atoms with van der Waals surface area (Å²) in [5.41, 5.74) is 0.159. The van der Waals surface area contributed by atoms with Crippen LogP contribution in [0, 0.1) is 16.5 Å². The van der Waals surface area contributed by atoms with E-state index in [1.54, 1.807) is 0 Å². The van der Waals surface area contributed by atoms with Crippen molar-refractivity contribution in [2.75, 3.05) is 25.6 Å². The molecule has 0 aliphatic carbocycles. The number of aromatic nitrogens is 2. The molecule has 0 radical (unpaired) electrons. The number of aliphatic hydroxyl groups excluding tert-OH is 1. The highest BCUT2D eigenvalue weighted by molar-refractivity contribution is 7.44. The summed E-state index contributed by atoms with van der Waals surface area (Å²) in [5, 5.41) is 36.9. The van der Waals surface area contributed by atoms with Crippen LogP contribution in [-0.2, 0) is 29.6 Å². The van der Waals surface area contributed by atoms with Gasteiger partial charge >= 0.3 is 5.69 Å². The number of anilines is 2. The van der Waals surface area contributed by atoms with Crippen molar-refractivity contribution in [3.05, 3.63) is 45.1 Å². The first-order valence-corrected chi connectivity index (χ1v) is 16.6. The SMILES string of the molecule is CO[C@@H]1[C@H](OP(OCCC#N)N(C(C)C)C(C)C)[C@@H](CO)O[C@H]1n1cc2c(nc1=O)Nc1cc3c(cc1O2)C(C)(C)N([O-])C3(C)C. The van der Waals surface area contributed by atoms with Gasteiger partial charge in [0, 0.05) is 30.3 Å². The predicted molar refractivity (Wildman–Crippen MR) is 171 cm³/mol. The molecule has 4 heterocycles. The lowest BCUT2D eigenvalue weighted by Gasteiger charge is -2.46. The molecule has 0 amide bonds. The van der Waals surface area contributed by atoms with E-state index in [2.05, 4.69) is 21.0 Å². The minimum absolute atomic E-state index is 0.0504. The second-order valence-corrected chi connectivity index (χ2v) is 14.6. The van der Waals surface area contributed by atoms with E-state index in [4.69, 9.17) is 28.5 Å². The molecule has 1 aromatic heterocycles. The lowest BCUT2D eigenvalue weighted by atomic mass is 9.89. The second kappa shape index (κ2) is 13.1. The van der Waals surface area contributed by atoms with Crippen LogP contribution in [0.4, 0.5) is 11.5 Å². The number of benzene rings is 1. The maximum absolute atomic E-state index is 13.5. The number of hydrogen-bond acceptors (Lipinski definition) is 13. The molecule has 0 saturated carbocycles. The fraction of sp³-hybridized carbons (Fsp3) is 0.645. The van der Waals surface area contributed by atoms with E-state index in [1.165, 1.54) is 17.9 Å². The Hall–Kier alpha value is -2.70. The fourth-order valence-corrected chi connectivity index (χ4v) is 8.36. The molecule has 3 aliphatic rings. The zero-order chi connectivity index (χ0) is 33.7. The van der Waals surface area contributed by atoms with E-state index in [0.717, 1.165) is 16.2 Å². The summed E-state index contributed by atoms with van der Waals surface area (Å²) in [4.78, 5) is 17.7. The van der Waals surface area contributed by atoms with Crippen molar-refractivity contribution in [1.29, 1.82) is 5.26 Å². The number of methoxy groups -OCH3 is 1. The third kappa shape index (κ3) is 5.94. The molecule has 0 spiro atoms. The highest BCUT2D eigenvalue weighted by Gasteiger charge is 2.50. The Kier molecular flexibility index (Phi) is 9.84. The number of fused-ring (bicyclic) bond motifs is 3. The van der Waals surface area contributed by atoms with Gasteiger partial charge in [-0.1, -0.05) is 0 Å². The van der Waals surface area contributed by atoms with Gasteiger partial charge in [0.2, 0.25) is 0 Å². The quantitative estimate of drug-likeness (QED) is 0.210. The van der Waals surface area contributed by atoms with Gasteiger partial charge in [0.1, 0.15) is 18.3 Å². The highest BCUT2D eigenvalue weighted by Crippen LogP contribution is 2.54. The number of ether oxygens (including phenoxy) is 3. The molecule has 1 unspecified atom stereocenters. The summed E-state index contributed by atoms with van der Waals surface area (Å²) in [7, 11) is -0.217. The average molecular weight is 660 g/mol. The molecule has 0 bridgehead atoms. The highest BCUT2D eigenvalue weighted by atomic mass is 31.2. The molecule has 1 aromatic carbocycles. The normalized spacial score (nSPS) is 25.2. The minimum Gasteiger partial charge on any atom is -0.784 e. The Bertz CT molecular complexity index is 1530. The Morgan fingerprint density at radius 1 is 1.15 bits per heavy atom. The number of rotatable bonds is 11. The lowest BCUT2D eigenvalue weighted by Crippen LogP contribution is -2.41. The standard InChI is InChI=1S/C31H44N6O8P/c1-17(2)36(18(3)4)46(42-12-10-11-32)45-25-24(16-38)44-28(26(25)41-9)35-15-23-27(34-29(35)39)33-21-13-19-20(14-22(21)43-23)31(7,8)37(40)30(19,5)6/h13-15,17-18,24-26,28,38H,10,12,16H2,1-9H3,(H,33,34,39)/q-1/t24-,25-,26-,28-,46?/m1/s1. The van der Waals surface area contributed by atoms with E-state index in [1.807, 2.05) is 67.5 Å². The van der Waals surface area contributed by atoms with Crippen molar-refractivity contribution in [3.63, 3.8) is 0 Å². The van der Waals surface area contributed by atoms with E-state index in [-0.39, 0.29) is 36.7 Å². The first-order chi connectivity index (χ1) is 21.7. The van der Waals surface area contributed by atoms with Crippen LogP contribution in [0.25, 0.3) is 0 Å². The van der Waals surface area contributed by atoms with Gasteiger partial charge in [-0.15, -0.1) is 0 Å². The Labute approximate surface area is 270 Å². The van der Waals surface area contributed by atoms with Gasteiger partial charge in [-0.25, -0.2) is 9.46 Å². The van der Waals surface area contributed by atoms with Gasteiger partial charge in [-0.3, -0.25) is 4.57 Å². The number of nitrogens with zero attached hydrogens (tertiary/aromatic N) is 5. The number of hydroxylamine groups is 2. The fourth-order valence-electron chi connectivity index (χ4n) is 6.59. The molecule has 5 atom stereocenters. The summed E-state index contributed by atoms with van der Waals surface area (Å²) >= 11 is 0. The van der Waals surface area contributed by atoms with Gasteiger partial charge in [0.15, 0.2) is 23.5 Å². The monoisotopic (exact) mass is 659 g/mol. The van der Waals surface area contributed by atoms with Crippen LogP contribution in [0.15, 0.2) is 23.1 Å². The smallest absolute Gasteiger partial charge is 0.351 e. The third-order valence-electron chi connectivity index (χ3n) is 8.73. The largest absolute Gasteiger partial charge is 0.784 e. The number of nitriles is 1. The molecule has 3 aliphatic heterocycles. The van der Waals surface area contributed by atoms with E-state index in [0.29, 0.717) is 11.4 Å². The van der Waals surface area contributed by atoms with E-state index < -0.39 is 56.4 Å². The van der Waals surface area contributed by atoms with Crippen LogP contribution in [-0.4, -0.2) is 75.1 Å². The molecular formula is C31H44N6O8P-. The van der Waals surface area contributed by atoms with Crippen molar-refractivity contribution in [3.8, 4) is 17.6 Å². The molecule has 252 valence electrons. The maximum atomic E-state index is 13.5. The van der Waals surface area contributed by atoms with Crippen molar-refractivity contribution in [1.82, 2.24) is 19.3 Å². The summed E-state index contributed by atoms with van der Waals surface area (Å²) in [5.74, 6) is 0.989. The van der Waals surface area contributed by atoms with Crippen LogP contribution in [0.2, 0.25) is 0 Å². The first kappa shape index (κ1) is 34.6. The number of hydrogen-bond donors (Lipinski definition) is 2. The molecule has 1 fully saturated rings. The zero-order valence-electron chi connectivity index (χ0n) is 27.8. The van der Waals surface area contributed by atoms with Crippen LogP contribution >= 0.6 is 8.53 Å². The van der Waals surface area contributed by atoms with Crippen LogP contribution in [0.1, 0.15) is 79.2 Å². The first-order valence-electron chi connectivity index (χ1n) is 15.5. The van der Waals surface area contributed by atoms with Gasteiger partial charge in [0.05, 0.1) is 37.6 Å². The van der Waals surface area contributed by atoms with Crippen molar-refractivity contribution in [2.45, 2.75) is 110 Å². The summed E-state index contributed by atoms with van der Waals surface area (Å²) in [6.07, 6.45) is -1.84. The van der Waals surface area contributed by atoms with Gasteiger partial charge in [0.25, 0.3) is 8.53 Å². The van der Waals surface area contributed by atoms with Crippen molar-refractivity contribution < 1.29 is 28.4 Å². The Balaban J connectivity index is 1.46. The summed E-state index contributed by atoms with van der Waals surface area (Å²) in [6, 6.07) is 5.92. The average Bonchev–Trinajstić information content (AvgIpc) is 3.40. The third-order valence-corrected chi connectivity index (χ3v) is 10.9. The number of nitrogens with one attached hydrogen (secondary N) is 1. The van der Waals surface area contributed by atoms with Crippen LogP contribution < -0.4 is 15.7 Å². The van der Waals surface area contributed by atoms with E-state index >= 15 is 0 Å². The topological polar surface area (TPSA) is 167 Å². The van der Waals surface area contributed by atoms with Crippen LogP contribution in [0.3, 0.4) is 0 Å². The molecule has 2 N–H and O–H groups in total. The maximum Gasteiger partial charge on any atom is 0.351 e. The lowest BCUT2D eigenvalue weighted by molar-refractivity contribution is -0.0626. The van der Waals surface area contributed by atoms with Gasteiger partial charge in [-0.05, 0) is 78.6 Å².